The highest BCUT2D eigenvalue weighted by atomic mass is 16.5. The first-order chi connectivity index (χ1) is 19.1. The average molecular weight is 531 g/mol. The number of para-hydroxylation sites is 1. The Kier molecular flexibility index (Phi) is 8.56. The number of aromatic amines is 1. The molecule has 0 amide bonds. The molecule has 1 fully saturated rings. The fraction of sp³-hybridized carbons (Fsp3) is 0.467. The molecule has 1 aliphatic rings. The molecule has 1 N–H and O–H groups in total. The zero-order valence-electron chi connectivity index (χ0n) is 23.1. The second-order valence-corrected chi connectivity index (χ2v) is 10.2. The Bertz CT molecular complexity index is 1440. The zero-order valence-corrected chi connectivity index (χ0v) is 23.1. The average Bonchev–Trinajstić information content (AvgIpc) is 3.44. The van der Waals surface area contributed by atoms with Gasteiger partial charge < -0.3 is 14.5 Å². The van der Waals surface area contributed by atoms with E-state index in [2.05, 4.69) is 38.4 Å². The van der Waals surface area contributed by atoms with Gasteiger partial charge in [0, 0.05) is 35.1 Å². The quantitative estimate of drug-likeness (QED) is 0.270. The summed E-state index contributed by atoms with van der Waals surface area (Å²) in [6, 6.07) is 16.0. The molecule has 9 nitrogen and oxygen atoms in total. The molecule has 39 heavy (non-hydrogen) atoms. The van der Waals surface area contributed by atoms with Gasteiger partial charge in [-0.1, -0.05) is 44.4 Å². The highest BCUT2D eigenvalue weighted by Gasteiger charge is 2.29. The number of fused-ring (bicyclic) bond motifs is 1. The van der Waals surface area contributed by atoms with Crippen molar-refractivity contribution < 1.29 is 9.47 Å². The van der Waals surface area contributed by atoms with E-state index in [0.717, 1.165) is 53.1 Å². The summed E-state index contributed by atoms with van der Waals surface area (Å²) in [7, 11) is 1.69. The molecule has 1 saturated carbocycles. The molecule has 5 rings (SSSR count). The highest BCUT2D eigenvalue weighted by Crippen LogP contribution is 2.33. The van der Waals surface area contributed by atoms with Gasteiger partial charge in [0.25, 0.3) is 5.56 Å². The predicted octanol–water partition coefficient (Wildman–Crippen LogP) is 5.58. The molecule has 1 atom stereocenters. The van der Waals surface area contributed by atoms with Crippen LogP contribution in [0, 0.1) is 0 Å². The molecule has 2 aromatic carbocycles. The lowest BCUT2D eigenvalue weighted by Gasteiger charge is -2.32. The van der Waals surface area contributed by atoms with E-state index in [4.69, 9.17) is 9.47 Å². The van der Waals surface area contributed by atoms with Crippen LogP contribution in [0.2, 0.25) is 0 Å². The van der Waals surface area contributed by atoms with Crippen LogP contribution in [-0.4, -0.2) is 43.8 Å². The number of tetrazole rings is 1. The molecule has 9 heteroatoms. The molecule has 2 heterocycles. The topological polar surface area (TPSA) is 98.2 Å². The Hall–Kier alpha value is -3.72. The van der Waals surface area contributed by atoms with E-state index in [9.17, 15) is 4.79 Å². The number of pyridine rings is 1. The first-order valence-electron chi connectivity index (χ1n) is 14.0. The number of ether oxygens (including phenoxy) is 2. The smallest absolute Gasteiger partial charge is 0.252 e. The van der Waals surface area contributed by atoms with E-state index < -0.39 is 0 Å². The summed E-state index contributed by atoms with van der Waals surface area (Å²) in [6.07, 6.45) is 6.63. The van der Waals surface area contributed by atoms with Gasteiger partial charge >= 0.3 is 0 Å². The maximum Gasteiger partial charge on any atom is 0.252 e. The van der Waals surface area contributed by atoms with E-state index in [0.29, 0.717) is 31.3 Å². The normalized spacial score (nSPS) is 15.1. The number of methoxy groups -OCH3 is 1. The Labute approximate surface area is 229 Å². The van der Waals surface area contributed by atoms with E-state index in [1.807, 2.05) is 54.1 Å². The molecule has 2 aromatic heterocycles. The molecule has 206 valence electrons. The lowest BCUT2D eigenvalue weighted by molar-refractivity contribution is 0.153. The van der Waals surface area contributed by atoms with Crippen LogP contribution in [-0.2, 0) is 13.1 Å². The van der Waals surface area contributed by atoms with Crippen molar-refractivity contribution in [3.05, 3.63) is 75.8 Å². The summed E-state index contributed by atoms with van der Waals surface area (Å²) in [5, 5.41) is 14.0. The number of nitrogens with one attached hydrogen (secondary N) is 1. The molecule has 4 aromatic rings. The number of nitrogens with zero attached hydrogens (tertiary/aromatic N) is 5. The third-order valence-corrected chi connectivity index (χ3v) is 7.71. The summed E-state index contributed by atoms with van der Waals surface area (Å²) in [5.41, 5.74) is 2.42. The lowest BCUT2D eigenvalue weighted by atomic mass is 9.95. The number of H-pyrrole nitrogens is 1. The van der Waals surface area contributed by atoms with Gasteiger partial charge in [-0.25, -0.2) is 4.68 Å². The van der Waals surface area contributed by atoms with Crippen molar-refractivity contribution in [2.45, 2.75) is 77.5 Å². The fourth-order valence-electron chi connectivity index (χ4n) is 5.76. The number of hydrogen-bond donors (Lipinski definition) is 1. The summed E-state index contributed by atoms with van der Waals surface area (Å²) < 4.78 is 13.4. The Balaban J connectivity index is 1.54. The van der Waals surface area contributed by atoms with E-state index in [1.54, 1.807) is 7.11 Å². The van der Waals surface area contributed by atoms with Crippen molar-refractivity contribution in [2.75, 3.05) is 13.7 Å². The second-order valence-electron chi connectivity index (χ2n) is 10.2. The van der Waals surface area contributed by atoms with Crippen LogP contribution in [0.4, 0.5) is 0 Å². The van der Waals surface area contributed by atoms with Gasteiger partial charge in [0.05, 0.1) is 25.8 Å². The van der Waals surface area contributed by atoms with Crippen LogP contribution in [0.15, 0.2) is 53.3 Å². The maximum atomic E-state index is 13.3. The van der Waals surface area contributed by atoms with Gasteiger partial charge in [-0.05, 0) is 66.9 Å². The fourth-order valence-corrected chi connectivity index (χ4v) is 5.76. The molecule has 0 saturated heterocycles. The van der Waals surface area contributed by atoms with Crippen molar-refractivity contribution in [3.8, 4) is 11.5 Å². The van der Waals surface area contributed by atoms with Gasteiger partial charge in [-0.2, -0.15) is 0 Å². The van der Waals surface area contributed by atoms with E-state index >= 15 is 0 Å². The lowest BCUT2D eigenvalue weighted by Crippen LogP contribution is -2.33. The Morgan fingerprint density at radius 3 is 2.62 bits per heavy atom. The SMILES string of the molecule is CCOc1ccc2[nH]c(=O)c(CN(Cc3ccccc3OC)C(CC)c3nnnn3C3CCCCC3)cc2c1. The number of rotatable bonds is 11. The molecule has 1 aliphatic carbocycles. The minimum Gasteiger partial charge on any atom is -0.496 e. The number of hydrogen-bond acceptors (Lipinski definition) is 7. The van der Waals surface area contributed by atoms with Gasteiger partial charge in [0.1, 0.15) is 11.5 Å². The van der Waals surface area contributed by atoms with Gasteiger partial charge in [-0.3, -0.25) is 9.69 Å². The van der Waals surface area contributed by atoms with E-state index in [1.165, 1.54) is 19.3 Å². The van der Waals surface area contributed by atoms with Crippen LogP contribution in [0.25, 0.3) is 10.9 Å². The predicted molar refractivity (Wildman–Crippen MR) is 151 cm³/mol. The largest absolute Gasteiger partial charge is 0.496 e. The van der Waals surface area contributed by atoms with Crippen molar-refractivity contribution in [2.24, 2.45) is 0 Å². The molecule has 0 bridgehead atoms. The molecular formula is C30H38N6O3. The summed E-state index contributed by atoms with van der Waals surface area (Å²) >= 11 is 0. The molecule has 0 radical (unpaired) electrons. The molecular weight excluding hydrogens is 492 g/mol. The maximum absolute atomic E-state index is 13.3. The Morgan fingerprint density at radius 1 is 1.05 bits per heavy atom. The summed E-state index contributed by atoms with van der Waals surface area (Å²) in [5.74, 6) is 2.46. The second kappa shape index (κ2) is 12.4. The van der Waals surface area contributed by atoms with Crippen molar-refractivity contribution in [1.29, 1.82) is 0 Å². The number of benzene rings is 2. The minimum atomic E-state index is -0.0987. The van der Waals surface area contributed by atoms with Crippen molar-refractivity contribution in [3.63, 3.8) is 0 Å². The van der Waals surface area contributed by atoms with Crippen LogP contribution >= 0.6 is 0 Å². The summed E-state index contributed by atoms with van der Waals surface area (Å²) in [4.78, 5) is 18.6. The first kappa shape index (κ1) is 26.9. The monoisotopic (exact) mass is 530 g/mol. The minimum absolute atomic E-state index is 0.0864. The van der Waals surface area contributed by atoms with Crippen LogP contribution in [0.5, 0.6) is 11.5 Å². The first-order valence-corrected chi connectivity index (χ1v) is 14.0. The zero-order chi connectivity index (χ0) is 27.2. The van der Waals surface area contributed by atoms with Crippen molar-refractivity contribution >= 4 is 10.9 Å². The Morgan fingerprint density at radius 2 is 1.85 bits per heavy atom. The number of aromatic nitrogens is 5. The van der Waals surface area contributed by atoms with Crippen molar-refractivity contribution in [1.82, 2.24) is 30.1 Å². The van der Waals surface area contributed by atoms with Gasteiger partial charge in [-0.15, -0.1) is 5.10 Å². The van der Waals surface area contributed by atoms with Crippen LogP contribution in [0.1, 0.15) is 81.4 Å². The third kappa shape index (κ3) is 5.98. The van der Waals surface area contributed by atoms with E-state index in [-0.39, 0.29) is 11.6 Å². The van der Waals surface area contributed by atoms with Gasteiger partial charge in [0.2, 0.25) is 0 Å². The molecule has 0 aliphatic heterocycles. The van der Waals surface area contributed by atoms with Gasteiger partial charge in [0.15, 0.2) is 5.82 Å². The highest BCUT2D eigenvalue weighted by molar-refractivity contribution is 5.80. The van der Waals surface area contributed by atoms with Crippen LogP contribution in [0.3, 0.4) is 0 Å². The van der Waals surface area contributed by atoms with Crippen LogP contribution < -0.4 is 15.0 Å². The third-order valence-electron chi connectivity index (χ3n) is 7.71. The molecule has 0 spiro atoms. The summed E-state index contributed by atoms with van der Waals surface area (Å²) in [6.45, 7) is 5.71. The molecule has 1 unspecified atom stereocenters. The standard InChI is InChI=1S/C30H38N6O3/c1-4-27(29-32-33-34-36(29)24-12-7-6-8-13-24)35(19-21-11-9-10-14-28(21)38-3)20-23-17-22-18-25(39-5-2)15-16-26(22)31-30(23)37/h9-11,14-18,24,27H,4-8,12-13,19-20H2,1-3H3,(H,31,37).